The van der Waals surface area contributed by atoms with E-state index in [1.165, 1.54) is 11.5 Å². The Hall–Kier alpha value is -0.940. The summed E-state index contributed by atoms with van der Waals surface area (Å²) in [5.74, 6) is 9.42. The predicted molar refractivity (Wildman–Crippen MR) is 66.2 cm³/mol. The summed E-state index contributed by atoms with van der Waals surface area (Å²) in [5.41, 5.74) is 2.58. The second-order valence-electron chi connectivity index (χ2n) is 3.64. The summed E-state index contributed by atoms with van der Waals surface area (Å²) in [6.45, 7) is 3.29. The number of hydrogen-bond acceptors (Lipinski definition) is 5. The maximum absolute atomic E-state index is 5.35. The van der Waals surface area contributed by atoms with Gasteiger partial charge in [-0.2, -0.15) is 11.8 Å². The molecule has 1 aromatic heterocycles. The standard InChI is InChI=1S/C10H16N4S/c1-8-7-15-6-5-14(8)10-4-2-3-9(12-10)13-11/h2-4,8H,5-7,11H2,1H3,(H,12,13). The number of nitrogen functional groups attached to an aromatic ring is 1. The van der Waals surface area contributed by atoms with Gasteiger partial charge in [0.1, 0.15) is 11.6 Å². The van der Waals surface area contributed by atoms with Crippen molar-refractivity contribution in [2.75, 3.05) is 28.4 Å². The van der Waals surface area contributed by atoms with Crippen molar-refractivity contribution < 1.29 is 0 Å². The van der Waals surface area contributed by atoms with Crippen molar-refractivity contribution in [1.29, 1.82) is 0 Å². The van der Waals surface area contributed by atoms with Crippen molar-refractivity contribution in [2.24, 2.45) is 5.84 Å². The lowest BCUT2D eigenvalue weighted by atomic mass is 10.3. The van der Waals surface area contributed by atoms with Crippen LogP contribution in [-0.4, -0.2) is 29.1 Å². The van der Waals surface area contributed by atoms with Gasteiger partial charge in [0.05, 0.1) is 0 Å². The molecule has 0 aliphatic carbocycles. The van der Waals surface area contributed by atoms with E-state index in [-0.39, 0.29) is 0 Å². The number of nitrogens with one attached hydrogen (secondary N) is 1. The Morgan fingerprint density at radius 1 is 1.60 bits per heavy atom. The van der Waals surface area contributed by atoms with Crippen LogP contribution in [0.3, 0.4) is 0 Å². The molecule has 1 aliphatic rings. The molecule has 0 aromatic carbocycles. The Labute approximate surface area is 94.2 Å². The first-order valence-corrected chi connectivity index (χ1v) is 6.25. The number of hydrogen-bond donors (Lipinski definition) is 2. The van der Waals surface area contributed by atoms with E-state index in [2.05, 4.69) is 22.2 Å². The molecular formula is C10H16N4S. The van der Waals surface area contributed by atoms with E-state index in [1.807, 2.05) is 30.0 Å². The van der Waals surface area contributed by atoms with Crippen molar-refractivity contribution in [1.82, 2.24) is 4.98 Å². The highest BCUT2D eigenvalue weighted by Crippen LogP contribution is 2.22. The van der Waals surface area contributed by atoms with Crippen molar-refractivity contribution in [3.05, 3.63) is 18.2 Å². The normalized spacial score (nSPS) is 21.5. The highest BCUT2D eigenvalue weighted by Gasteiger charge is 2.19. The van der Waals surface area contributed by atoms with Gasteiger partial charge in [0.15, 0.2) is 0 Å². The molecule has 1 aromatic rings. The summed E-state index contributed by atoms with van der Waals surface area (Å²) in [4.78, 5) is 6.78. The van der Waals surface area contributed by atoms with E-state index < -0.39 is 0 Å². The van der Waals surface area contributed by atoms with Crippen LogP contribution >= 0.6 is 11.8 Å². The molecule has 1 fully saturated rings. The Morgan fingerprint density at radius 3 is 3.20 bits per heavy atom. The summed E-state index contributed by atoms with van der Waals surface area (Å²) in [6.07, 6.45) is 0. The van der Waals surface area contributed by atoms with Gasteiger partial charge in [-0.25, -0.2) is 10.8 Å². The first-order chi connectivity index (χ1) is 7.31. The minimum absolute atomic E-state index is 0.546. The van der Waals surface area contributed by atoms with Gasteiger partial charge >= 0.3 is 0 Å². The van der Waals surface area contributed by atoms with Crippen LogP contribution in [0.1, 0.15) is 6.92 Å². The molecule has 1 aliphatic heterocycles. The molecule has 82 valence electrons. The van der Waals surface area contributed by atoms with Gasteiger partial charge in [-0.05, 0) is 19.1 Å². The molecule has 15 heavy (non-hydrogen) atoms. The van der Waals surface area contributed by atoms with E-state index in [1.54, 1.807) is 0 Å². The molecule has 0 spiro atoms. The van der Waals surface area contributed by atoms with Gasteiger partial charge in [-0.3, -0.25) is 0 Å². The number of nitrogens with zero attached hydrogens (tertiary/aromatic N) is 2. The van der Waals surface area contributed by atoms with Crippen LogP contribution in [0.5, 0.6) is 0 Å². The lowest BCUT2D eigenvalue weighted by molar-refractivity contribution is 0.690. The minimum atomic E-state index is 0.546. The summed E-state index contributed by atoms with van der Waals surface area (Å²) in [5, 5.41) is 0. The van der Waals surface area contributed by atoms with Crippen LogP contribution in [-0.2, 0) is 0 Å². The van der Waals surface area contributed by atoms with Crippen molar-refractivity contribution >= 4 is 23.4 Å². The van der Waals surface area contributed by atoms with E-state index in [9.17, 15) is 0 Å². The molecule has 5 heteroatoms. The molecule has 4 nitrogen and oxygen atoms in total. The molecule has 0 saturated carbocycles. The molecule has 1 unspecified atom stereocenters. The number of aromatic nitrogens is 1. The SMILES string of the molecule is CC1CSCCN1c1cccc(NN)n1. The number of pyridine rings is 1. The Kier molecular flexibility index (Phi) is 3.33. The van der Waals surface area contributed by atoms with Gasteiger partial charge in [0, 0.05) is 24.1 Å². The third-order valence-corrected chi connectivity index (χ3v) is 3.73. The molecule has 1 atom stereocenters. The molecule has 2 rings (SSSR count). The third-order valence-electron chi connectivity index (χ3n) is 2.54. The predicted octanol–water partition coefficient (Wildman–Crippen LogP) is 1.31. The molecule has 2 heterocycles. The average molecular weight is 224 g/mol. The van der Waals surface area contributed by atoms with Gasteiger partial charge in [-0.1, -0.05) is 6.07 Å². The molecule has 0 amide bonds. The van der Waals surface area contributed by atoms with E-state index in [4.69, 9.17) is 5.84 Å². The fourth-order valence-corrected chi connectivity index (χ4v) is 2.74. The summed E-state index contributed by atoms with van der Waals surface area (Å²) >= 11 is 2.00. The van der Waals surface area contributed by atoms with Crippen LogP contribution in [0.4, 0.5) is 11.6 Å². The largest absolute Gasteiger partial charge is 0.352 e. The first-order valence-electron chi connectivity index (χ1n) is 5.09. The fraction of sp³-hybridized carbons (Fsp3) is 0.500. The van der Waals surface area contributed by atoms with Crippen LogP contribution in [0.15, 0.2) is 18.2 Å². The number of hydrazine groups is 1. The first kappa shape index (κ1) is 10.6. The average Bonchev–Trinajstić information content (AvgIpc) is 2.30. The lowest BCUT2D eigenvalue weighted by Crippen LogP contribution is -2.40. The number of rotatable bonds is 2. The van der Waals surface area contributed by atoms with Gasteiger partial charge in [0.2, 0.25) is 0 Å². The monoisotopic (exact) mass is 224 g/mol. The summed E-state index contributed by atoms with van der Waals surface area (Å²) in [6, 6.07) is 6.43. The maximum Gasteiger partial charge on any atom is 0.142 e. The van der Waals surface area contributed by atoms with Crippen LogP contribution in [0.2, 0.25) is 0 Å². The number of thioether (sulfide) groups is 1. The van der Waals surface area contributed by atoms with E-state index in [0.29, 0.717) is 6.04 Å². The molecule has 0 radical (unpaired) electrons. The lowest BCUT2D eigenvalue weighted by Gasteiger charge is -2.34. The molecule has 1 saturated heterocycles. The fourth-order valence-electron chi connectivity index (χ4n) is 1.73. The summed E-state index contributed by atoms with van der Waals surface area (Å²) in [7, 11) is 0. The van der Waals surface area contributed by atoms with E-state index in [0.717, 1.165) is 18.2 Å². The number of anilines is 2. The second-order valence-corrected chi connectivity index (χ2v) is 4.79. The van der Waals surface area contributed by atoms with Gasteiger partial charge in [0.25, 0.3) is 0 Å². The van der Waals surface area contributed by atoms with Crippen molar-refractivity contribution in [2.45, 2.75) is 13.0 Å². The summed E-state index contributed by atoms with van der Waals surface area (Å²) < 4.78 is 0. The van der Waals surface area contributed by atoms with Gasteiger partial charge in [-0.15, -0.1) is 0 Å². The number of nitrogens with two attached hydrogens (primary N) is 1. The Bertz CT molecular complexity index is 331. The maximum atomic E-state index is 5.35. The smallest absolute Gasteiger partial charge is 0.142 e. The topological polar surface area (TPSA) is 54.2 Å². The molecule has 0 bridgehead atoms. The highest BCUT2D eigenvalue weighted by atomic mass is 32.2. The van der Waals surface area contributed by atoms with Crippen LogP contribution < -0.4 is 16.2 Å². The van der Waals surface area contributed by atoms with Crippen LogP contribution in [0, 0.1) is 0 Å². The zero-order valence-electron chi connectivity index (χ0n) is 8.81. The minimum Gasteiger partial charge on any atom is -0.352 e. The Morgan fingerprint density at radius 2 is 2.47 bits per heavy atom. The zero-order chi connectivity index (χ0) is 10.7. The zero-order valence-corrected chi connectivity index (χ0v) is 9.63. The van der Waals surface area contributed by atoms with Crippen LogP contribution in [0.25, 0.3) is 0 Å². The third kappa shape index (κ3) is 2.35. The molecular weight excluding hydrogens is 208 g/mol. The van der Waals surface area contributed by atoms with E-state index >= 15 is 0 Å². The Balaban J connectivity index is 2.19. The van der Waals surface area contributed by atoms with Crippen molar-refractivity contribution in [3.8, 4) is 0 Å². The molecule has 3 N–H and O–H groups in total. The second kappa shape index (κ2) is 4.72. The quantitative estimate of drug-likeness (QED) is 0.586. The highest BCUT2D eigenvalue weighted by molar-refractivity contribution is 7.99. The van der Waals surface area contributed by atoms with Gasteiger partial charge < -0.3 is 10.3 Å². The van der Waals surface area contributed by atoms with Crippen molar-refractivity contribution in [3.63, 3.8) is 0 Å².